The zero-order valence-electron chi connectivity index (χ0n) is 42.8. The summed E-state index contributed by atoms with van der Waals surface area (Å²) in [6.07, 6.45) is -0.713. The van der Waals surface area contributed by atoms with Crippen LogP contribution in [-0.2, 0) is 40.2 Å². The lowest BCUT2D eigenvalue weighted by Gasteiger charge is -2.39. The van der Waals surface area contributed by atoms with Crippen LogP contribution in [0.15, 0.2) is 140 Å². The largest absolute Gasteiger partial charge is 0.497 e. The van der Waals surface area contributed by atoms with Crippen LogP contribution in [0.2, 0.25) is 0 Å². The van der Waals surface area contributed by atoms with Crippen LogP contribution in [0.3, 0.4) is 0 Å². The number of imidazole rings is 1. The standard InChI is InChI=1S/C56H60F2N7O9P/c1-37(2)65(38(3)4)75(72-30-14-29-59)74-51-48(33-71-56(40-15-10-8-11-16-40,41-20-24-43(67-5)25-21-41)42-22-26-44(68-6)27-23-42)73-55(52(51)69-7)64-36-62-50-53(60-35-61-54(50)64)63(32-39-19-28-46(57)47(58)31-39)49(66)34-70-45-17-12-9-13-18-45/h8-13,15-28,31,35-38,48,51-52,55H,14,30,32-34H2,1-7H3. The van der Waals surface area contributed by atoms with Crippen molar-refractivity contribution in [3.63, 3.8) is 0 Å². The molecule has 5 unspecified atom stereocenters. The third-order valence-electron chi connectivity index (χ3n) is 12.7. The maximum atomic E-state index is 14.7. The van der Waals surface area contributed by atoms with Crippen molar-refractivity contribution in [1.82, 2.24) is 24.2 Å². The molecule has 1 amide bonds. The Morgan fingerprint density at radius 1 is 0.787 bits per heavy atom. The predicted octanol–water partition coefficient (Wildman–Crippen LogP) is 10.3. The van der Waals surface area contributed by atoms with Gasteiger partial charge in [0.1, 0.15) is 47.5 Å². The number of benzene rings is 5. The van der Waals surface area contributed by atoms with Crippen molar-refractivity contribution >= 4 is 31.4 Å². The van der Waals surface area contributed by atoms with Crippen LogP contribution in [0, 0.1) is 23.0 Å². The zero-order chi connectivity index (χ0) is 53.1. The number of halogens is 2. The normalized spacial score (nSPS) is 17.1. The molecule has 1 aliphatic rings. The van der Waals surface area contributed by atoms with Gasteiger partial charge in [-0.2, -0.15) is 5.26 Å². The average Bonchev–Trinajstić information content (AvgIpc) is 4.02. The van der Waals surface area contributed by atoms with E-state index >= 15 is 0 Å². The number of hydrogen-bond acceptors (Lipinski definition) is 14. The monoisotopic (exact) mass is 1040 g/mol. The first-order chi connectivity index (χ1) is 36.4. The number of nitrogens with zero attached hydrogens (tertiary/aromatic N) is 7. The number of amides is 1. The van der Waals surface area contributed by atoms with E-state index in [2.05, 4.69) is 48.4 Å². The molecule has 75 heavy (non-hydrogen) atoms. The molecular weight excluding hydrogens is 984 g/mol. The number of hydrogen-bond donors (Lipinski definition) is 0. The van der Waals surface area contributed by atoms with Crippen LogP contribution < -0.4 is 19.1 Å². The molecule has 0 spiro atoms. The van der Waals surface area contributed by atoms with Crippen LogP contribution in [0.1, 0.15) is 62.6 Å². The maximum Gasteiger partial charge on any atom is 0.266 e. The second-order valence-corrected chi connectivity index (χ2v) is 19.5. The van der Waals surface area contributed by atoms with E-state index in [0.717, 1.165) is 28.8 Å². The molecule has 0 N–H and O–H groups in total. The highest BCUT2D eigenvalue weighted by Crippen LogP contribution is 2.51. The molecule has 0 aliphatic carbocycles. The van der Waals surface area contributed by atoms with Crippen LogP contribution >= 0.6 is 8.53 Å². The van der Waals surface area contributed by atoms with Crippen LogP contribution in [0.25, 0.3) is 11.2 Å². The lowest BCUT2D eigenvalue weighted by molar-refractivity contribution is -0.120. The average molecular weight is 1040 g/mol. The van der Waals surface area contributed by atoms with Gasteiger partial charge in [0.2, 0.25) is 0 Å². The fraction of sp³-hybridized carbons (Fsp3) is 0.339. The second kappa shape index (κ2) is 25.1. The van der Waals surface area contributed by atoms with Gasteiger partial charge in [0.15, 0.2) is 41.5 Å². The highest BCUT2D eigenvalue weighted by molar-refractivity contribution is 7.44. The van der Waals surface area contributed by atoms with Gasteiger partial charge in [-0.15, -0.1) is 0 Å². The molecule has 1 aliphatic heterocycles. The van der Waals surface area contributed by atoms with Gasteiger partial charge in [-0.25, -0.2) is 28.4 Å². The lowest BCUT2D eigenvalue weighted by Crippen LogP contribution is -2.42. The van der Waals surface area contributed by atoms with Gasteiger partial charge in [-0.05, 0) is 98.5 Å². The van der Waals surface area contributed by atoms with Gasteiger partial charge >= 0.3 is 0 Å². The van der Waals surface area contributed by atoms with Crippen molar-refractivity contribution in [3.8, 4) is 23.3 Å². The third-order valence-corrected chi connectivity index (χ3v) is 14.8. The van der Waals surface area contributed by atoms with Crippen molar-refractivity contribution < 1.29 is 51.0 Å². The Kier molecular flexibility index (Phi) is 18.2. The Labute approximate surface area is 436 Å². The minimum atomic E-state index is -1.87. The maximum absolute atomic E-state index is 14.7. The number of carbonyl (C=O) groups excluding carboxylic acids is 1. The molecule has 392 valence electrons. The molecule has 0 saturated carbocycles. The summed E-state index contributed by atoms with van der Waals surface area (Å²) in [7, 11) is 2.92. The SMILES string of the molecule is COc1ccc(C(OCC2OC(n3cnc4c(N(Cc5ccc(F)c(F)c5)C(=O)COc5ccccc5)ncnc43)C(OC)C2OP(OCCC#N)N(C(C)C)C(C)C)(c2ccccc2)c2ccc(OC)cc2)cc1. The first kappa shape index (κ1) is 54.3. The van der Waals surface area contributed by atoms with Crippen molar-refractivity contribution in [2.45, 2.75) is 82.9 Å². The predicted molar refractivity (Wildman–Crippen MR) is 278 cm³/mol. The number of carbonyl (C=O) groups is 1. The molecule has 8 rings (SSSR count). The Hall–Kier alpha value is -6.94. The highest BCUT2D eigenvalue weighted by atomic mass is 31.2. The quantitative estimate of drug-likeness (QED) is 0.0319. The molecule has 2 aromatic heterocycles. The van der Waals surface area contributed by atoms with Crippen molar-refractivity contribution in [2.24, 2.45) is 0 Å². The number of rotatable bonds is 24. The fourth-order valence-corrected chi connectivity index (χ4v) is 11.0. The van der Waals surface area contributed by atoms with Gasteiger partial charge in [0, 0.05) is 19.2 Å². The fourth-order valence-electron chi connectivity index (χ4n) is 9.19. The first-order valence-corrected chi connectivity index (χ1v) is 25.5. The molecule has 7 aromatic rings. The molecular formula is C56H60F2N7O9P. The topological polar surface area (TPSA) is 165 Å². The van der Waals surface area contributed by atoms with E-state index in [0.29, 0.717) is 17.2 Å². The Morgan fingerprint density at radius 3 is 2.00 bits per heavy atom. The molecule has 3 heterocycles. The molecule has 19 heteroatoms. The molecule has 0 radical (unpaired) electrons. The van der Waals surface area contributed by atoms with Crippen LogP contribution in [0.4, 0.5) is 14.6 Å². The van der Waals surface area contributed by atoms with E-state index in [1.165, 1.54) is 23.6 Å². The number of para-hydroxylation sites is 1. The van der Waals surface area contributed by atoms with Crippen LogP contribution in [-0.4, -0.2) is 102 Å². The van der Waals surface area contributed by atoms with Gasteiger partial charge in [-0.1, -0.05) is 78.9 Å². The summed E-state index contributed by atoms with van der Waals surface area (Å²) in [6.45, 7) is 7.61. The number of ether oxygens (including phenoxy) is 6. The molecule has 16 nitrogen and oxygen atoms in total. The van der Waals surface area contributed by atoms with E-state index in [9.17, 15) is 18.8 Å². The van der Waals surface area contributed by atoms with Crippen LogP contribution in [0.5, 0.6) is 17.2 Å². The Balaban J connectivity index is 1.23. The van der Waals surface area contributed by atoms with Gasteiger partial charge < -0.3 is 37.5 Å². The molecule has 1 fully saturated rings. The second-order valence-electron chi connectivity index (χ2n) is 18.0. The van der Waals surface area contributed by atoms with Crippen molar-refractivity contribution in [2.75, 3.05) is 46.0 Å². The third kappa shape index (κ3) is 12.1. The minimum absolute atomic E-state index is 0.0363. The summed E-state index contributed by atoms with van der Waals surface area (Å²) in [5, 5.41) is 9.59. The smallest absolute Gasteiger partial charge is 0.266 e. The number of methoxy groups -OCH3 is 3. The van der Waals surface area contributed by atoms with Crippen molar-refractivity contribution in [1.29, 1.82) is 5.26 Å². The summed E-state index contributed by atoms with van der Waals surface area (Å²) in [5.74, 6) is -0.794. The van der Waals surface area contributed by atoms with E-state index in [4.69, 9.17) is 42.5 Å². The van der Waals surface area contributed by atoms with Gasteiger partial charge in [0.05, 0.1) is 52.8 Å². The molecule has 0 bridgehead atoms. The number of anilines is 1. The minimum Gasteiger partial charge on any atom is -0.497 e. The Bertz CT molecular complexity index is 2950. The Morgan fingerprint density at radius 2 is 1.41 bits per heavy atom. The summed E-state index contributed by atoms with van der Waals surface area (Å²) in [4.78, 5) is 29.5. The summed E-state index contributed by atoms with van der Waals surface area (Å²) in [5.41, 5.74) is 1.91. The molecule has 1 saturated heterocycles. The lowest BCUT2D eigenvalue weighted by atomic mass is 9.80. The van der Waals surface area contributed by atoms with E-state index in [1.807, 2.05) is 84.9 Å². The van der Waals surface area contributed by atoms with Gasteiger partial charge in [-0.3, -0.25) is 14.3 Å². The summed E-state index contributed by atoms with van der Waals surface area (Å²) >= 11 is 0. The number of nitriles is 1. The van der Waals surface area contributed by atoms with E-state index in [1.54, 1.807) is 50.2 Å². The van der Waals surface area contributed by atoms with E-state index in [-0.39, 0.29) is 60.8 Å². The summed E-state index contributed by atoms with van der Waals surface area (Å²) in [6, 6.07) is 39.6. The van der Waals surface area contributed by atoms with Gasteiger partial charge in [0.25, 0.3) is 14.4 Å². The van der Waals surface area contributed by atoms with E-state index < -0.39 is 62.8 Å². The summed E-state index contributed by atoms with van der Waals surface area (Å²) < 4.78 is 84.3. The number of aromatic nitrogens is 4. The zero-order valence-corrected chi connectivity index (χ0v) is 43.7. The number of fused-ring (bicyclic) bond motifs is 1. The van der Waals surface area contributed by atoms with Crippen molar-refractivity contribution in [3.05, 3.63) is 174 Å². The highest BCUT2D eigenvalue weighted by Gasteiger charge is 2.51. The first-order valence-electron chi connectivity index (χ1n) is 24.4. The molecule has 5 aromatic carbocycles. The molecule has 5 atom stereocenters.